The van der Waals surface area contributed by atoms with Gasteiger partial charge in [-0.25, -0.2) is 0 Å². The average Bonchev–Trinajstić information content (AvgIpc) is 2.99. The highest BCUT2D eigenvalue weighted by molar-refractivity contribution is 5.06. The van der Waals surface area contributed by atoms with Crippen LogP contribution >= 0.6 is 0 Å². The average molecular weight is 251 g/mol. The molecule has 3 unspecified atom stereocenters. The van der Waals surface area contributed by atoms with Crippen LogP contribution in [0, 0.1) is 0 Å². The molecule has 0 bridgehead atoms. The number of aryl methyl sites for hydroxylation is 1. The Hall–Kier alpha value is -0.980. The van der Waals surface area contributed by atoms with Crippen LogP contribution in [0.25, 0.3) is 0 Å². The molecule has 0 aromatic carbocycles. The Morgan fingerprint density at radius 3 is 3.17 bits per heavy atom. The van der Waals surface area contributed by atoms with Gasteiger partial charge in [0, 0.05) is 19.6 Å². The molecule has 0 amide bonds. The van der Waals surface area contributed by atoms with E-state index in [2.05, 4.69) is 20.5 Å². The van der Waals surface area contributed by atoms with Crippen molar-refractivity contribution in [3.05, 3.63) is 11.9 Å². The van der Waals surface area contributed by atoms with E-state index in [1.807, 2.05) is 25.0 Å². The molecule has 0 spiro atoms. The van der Waals surface area contributed by atoms with Crippen molar-refractivity contribution in [3.63, 3.8) is 0 Å². The Labute approximate surface area is 107 Å². The predicted octanol–water partition coefficient (Wildman–Crippen LogP) is -0.0612. The highest BCUT2D eigenvalue weighted by atomic mass is 16.5. The first-order valence-electron chi connectivity index (χ1n) is 6.67. The van der Waals surface area contributed by atoms with Crippen molar-refractivity contribution in [1.29, 1.82) is 0 Å². The van der Waals surface area contributed by atoms with Gasteiger partial charge in [0.1, 0.15) is 0 Å². The zero-order valence-corrected chi connectivity index (χ0v) is 11.0. The largest absolute Gasteiger partial charge is 0.373 e. The Morgan fingerprint density at radius 1 is 1.56 bits per heavy atom. The third-order valence-corrected chi connectivity index (χ3v) is 4.17. The van der Waals surface area contributed by atoms with E-state index < -0.39 is 0 Å². The lowest BCUT2D eigenvalue weighted by Gasteiger charge is -2.38. The molecule has 3 atom stereocenters. The van der Waals surface area contributed by atoms with Crippen molar-refractivity contribution in [2.45, 2.75) is 31.0 Å². The molecule has 2 aliphatic heterocycles. The molecule has 0 radical (unpaired) electrons. The van der Waals surface area contributed by atoms with Gasteiger partial charge in [-0.15, -0.1) is 5.10 Å². The molecular formula is C12H21N5O. The van der Waals surface area contributed by atoms with Gasteiger partial charge in [-0.05, 0) is 26.4 Å². The number of morpholine rings is 1. The quantitative estimate of drug-likeness (QED) is 0.815. The number of fused-ring (bicyclic) bond motifs is 1. The minimum Gasteiger partial charge on any atom is -0.373 e. The summed E-state index contributed by atoms with van der Waals surface area (Å²) in [5, 5.41) is 11.3. The second-order valence-electron chi connectivity index (χ2n) is 5.21. The third-order valence-electron chi connectivity index (χ3n) is 4.17. The molecule has 6 nitrogen and oxygen atoms in total. The Bertz CT molecular complexity index is 407. The number of aromatic nitrogens is 3. The monoisotopic (exact) mass is 251 g/mol. The van der Waals surface area contributed by atoms with Crippen molar-refractivity contribution < 1.29 is 4.74 Å². The van der Waals surface area contributed by atoms with Crippen molar-refractivity contribution in [1.82, 2.24) is 25.2 Å². The van der Waals surface area contributed by atoms with Crippen LogP contribution in [0.4, 0.5) is 0 Å². The fourth-order valence-electron chi connectivity index (χ4n) is 3.15. The first-order valence-corrected chi connectivity index (χ1v) is 6.67. The Kier molecular flexibility index (Phi) is 3.32. The molecule has 3 heterocycles. The van der Waals surface area contributed by atoms with Gasteiger partial charge in [0.05, 0.1) is 30.6 Å². The van der Waals surface area contributed by atoms with Gasteiger partial charge in [-0.3, -0.25) is 9.58 Å². The first kappa shape index (κ1) is 12.1. The number of likely N-dealkylation sites (N-methyl/N-ethyl adjacent to an activating group) is 1. The van der Waals surface area contributed by atoms with Crippen molar-refractivity contribution >= 4 is 0 Å². The van der Waals surface area contributed by atoms with Crippen LogP contribution in [-0.2, 0) is 11.8 Å². The molecule has 2 saturated heterocycles. The Balaban J connectivity index is 1.74. The van der Waals surface area contributed by atoms with Crippen LogP contribution in [0.1, 0.15) is 24.6 Å². The first-order chi connectivity index (χ1) is 8.79. The van der Waals surface area contributed by atoms with Crippen LogP contribution in [0.3, 0.4) is 0 Å². The molecule has 6 heteroatoms. The van der Waals surface area contributed by atoms with Crippen molar-refractivity contribution in [3.8, 4) is 0 Å². The summed E-state index contributed by atoms with van der Waals surface area (Å²) in [6, 6.07) is 0.801. The van der Waals surface area contributed by atoms with Crippen molar-refractivity contribution in [2.24, 2.45) is 7.05 Å². The fraction of sp³-hybridized carbons (Fsp3) is 0.833. The number of nitrogens with one attached hydrogen (secondary N) is 1. The van der Waals surface area contributed by atoms with Gasteiger partial charge in [-0.1, -0.05) is 5.21 Å². The normalized spacial score (nSPS) is 30.3. The standard InChI is InChI=1S/C12H21N5O/c1-13-12(10-6-14-15-16(10)2)11-7-17-5-3-4-9(17)8-18-11/h6,9,11-13H,3-5,7-8H2,1-2H3. The van der Waals surface area contributed by atoms with Gasteiger partial charge >= 0.3 is 0 Å². The maximum absolute atomic E-state index is 6.05. The van der Waals surface area contributed by atoms with E-state index in [1.165, 1.54) is 19.4 Å². The zero-order chi connectivity index (χ0) is 12.5. The third kappa shape index (κ3) is 2.04. The van der Waals surface area contributed by atoms with Gasteiger partial charge < -0.3 is 10.1 Å². The Morgan fingerprint density at radius 2 is 2.44 bits per heavy atom. The summed E-state index contributed by atoms with van der Waals surface area (Å²) in [7, 11) is 3.89. The lowest BCUT2D eigenvalue weighted by Crippen LogP contribution is -2.50. The smallest absolute Gasteiger partial charge is 0.0912 e. The zero-order valence-electron chi connectivity index (χ0n) is 11.0. The SMILES string of the molecule is CNC(c1cnnn1C)C1CN2CCCC2CO1. The molecule has 2 fully saturated rings. The molecular weight excluding hydrogens is 230 g/mol. The minimum atomic E-state index is 0.159. The van der Waals surface area contributed by atoms with Crippen molar-refractivity contribution in [2.75, 3.05) is 26.7 Å². The maximum atomic E-state index is 6.05. The predicted molar refractivity (Wildman–Crippen MR) is 67.1 cm³/mol. The summed E-state index contributed by atoms with van der Waals surface area (Å²) < 4.78 is 7.87. The summed E-state index contributed by atoms with van der Waals surface area (Å²) in [5.74, 6) is 0. The lowest BCUT2D eigenvalue weighted by molar-refractivity contribution is -0.0653. The maximum Gasteiger partial charge on any atom is 0.0912 e. The summed E-state index contributed by atoms with van der Waals surface area (Å²) in [5.41, 5.74) is 1.08. The second kappa shape index (κ2) is 4.95. The fourth-order valence-corrected chi connectivity index (χ4v) is 3.15. The van der Waals surface area contributed by atoms with Gasteiger partial charge in [0.25, 0.3) is 0 Å². The number of nitrogens with zero attached hydrogens (tertiary/aromatic N) is 4. The van der Waals surface area contributed by atoms with Gasteiger partial charge in [-0.2, -0.15) is 0 Å². The molecule has 1 aromatic rings. The van der Waals surface area contributed by atoms with E-state index in [9.17, 15) is 0 Å². The molecule has 3 rings (SSSR count). The van der Waals surface area contributed by atoms with Crippen LogP contribution in [0.15, 0.2) is 6.20 Å². The minimum absolute atomic E-state index is 0.159. The van der Waals surface area contributed by atoms with E-state index in [1.54, 1.807) is 0 Å². The summed E-state index contributed by atoms with van der Waals surface area (Å²) >= 11 is 0. The van der Waals surface area contributed by atoms with E-state index in [4.69, 9.17) is 4.74 Å². The molecule has 2 aliphatic rings. The summed E-state index contributed by atoms with van der Waals surface area (Å²) in [6.45, 7) is 3.07. The molecule has 1 N–H and O–H groups in total. The highest BCUT2D eigenvalue weighted by Crippen LogP contribution is 2.28. The van der Waals surface area contributed by atoms with E-state index in [0.717, 1.165) is 18.8 Å². The molecule has 1 aromatic heterocycles. The number of ether oxygens (including phenoxy) is 1. The topological polar surface area (TPSA) is 55.2 Å². The van der Waals surface area contributed by atoms with Crippen LogP contribution in [0.2, 0.25) is 0 Å². The van der Waals surface area contributed by atoms with Gasteiger partial charge in [0.15, 0.2) is 0 Å². The van der Waals surface area contributed by atoms with E-state index >= 15 is 0 Å². The molecule has 18 heavy (non-hydrogen) atoms. The molecule has 0 aliphatic carbocycles. The summed E-state index contributed by atoms with van der Waals surface area (Å²) in [6.07, 6.45) is 4.59. The number of hydrogen-bond donors (Lipinski definition) is 1. The van der Waals surface area contributed by atoms with Gasteiger partial charge in [0.2, 0.25) is 0 Å². The number of rotatable bonds is 3. The van der Waals surface area contributed by atoms with E-state index in [0.29, 0.717) is 6.04 Å². The van der Waals surface area contributed by atoms with E-state index in [-0.39, 0.29) is 12.1 Å². The summed E-state index contributed by atoms with van der Waals surface area (Å²) in [4.78, 5) is 2.56. The lowest BCUT2D eigenvalue weighted by atomic mass is 10.0. The molecule has 100 valence electrons. The van der Waals surface area contributed by atoms with Crippen LogP contribution in [-0.4, -0.2) is 58.8 Å². The number of hydrogen-bond acceptors (Lipinski definition) is 5. The second-order valence-corrected chi connectivity index (χ2v) is 5.21. The highest BCUT2D eigenvalue weighted by Gasteiger charge is 2.36. The van der Waals surface area contributed by atoms with Crippen LogP contribution in [0.5, 0.6) is 0 Å². The molecule has 0 saturated carbocycles. The van der Waals surface area contributed by atoms with Crippen LogP contribution < -0.4 is 5.32 Å².